The van der Waals surface area contributed by atoms with Crippen molar-refractivity contribution in [3.05, 3.63) is 107 Å². The molecule has 0 unspecified atom stereocenters. The number of benzene rings is 3. The third-order valence-corrected chi connectivity index (χ3v) is 6.50. The fourth-order valence-corrected chi connectivity index (χ4v) is 4.40. The third-order valence-electron chi connectivity index (χ3n) is 5.79. The van der Waals surface area contributed by atoms with Crippen LogP contribution in [0.5, 0.6) is 5.75 Å². The number of aromatic carboxylic acids is 1. The number of aromatic nitrogens is 2. The Bertz CT molecular complexity index is 1650. The summed E-state index contributed by atoms with van der Waals surface area (Å²) in [6.07, 6.45) is 3.44. The number of unbranched alkanes of at least 4 members (excludes halogenated alkanes) is 1. The van der Waals surface area contributed by atoms with Gasteiger partial charge in [-0.1, -0.05) is 53.0 Å². The number of ether oxygens (including phenoxy) is 1. The largest absolute Gasteiger partial charge is 0.481 e. The molecule has 0 saturated heterocycles. The van der Waals surface area contributed by atoms with Gasteiger partial charge in [-0.15, -0.1) is 0 Å². The van der Waals surface area contributed by atoms with E-state index in [9.17, 15) is 19.7 Å². The summed E-state index contributed by atoms with van der Waals surface area (Å²) in [6, 6.07) is 13.8. The molecule has 0 atom stereocenters. The van der Waals surface area contributed by atoms with Crippen molar-refractivity contribution in [3.8, 4) is 5.75 Å². The van der Waals surface area contributed by atoms with Crippen LogP contribution in [0, 0.1) is 10.1 Å². The summed E-state index contributed by atoms with van der Waals surface area (Å²) in [5.74, 6) is -0.723. The van der Waals surface area contributed by atoms with Crippen LogP contribution in [0.3, 0.4) is 0 Å². The van der Waals surface area contributed by atoms with Crippen molar-refractivity contribution < 1.29 is 19.6 Å². The SMILES string of the molecule is CCCCc1nc2ccc(Br)cc2c(=O)n1N=Cc1cc(Cl)cc([N+](=O)[O-])c1OCc1ccc(C(=O)O)cc1. The van der Waals surface area contributed by atoms with Gasteiger partial charge in [0.15, 0.2) is 0 Å². The van der Waals surface area contributed by atoms with Gasteiger partial charge in [-0.3, -0.25) is 14.9 Å². The number of carboxylic acid groups (broad SMARTS) is 1. The number of nitro benzene ring substituents is 1. The minimum Gasteiger partial charge on any atom is -0.481 e. The molecule has 3 aromatic carbocycles. The molecule has 1 aromatic heterocycles. The summed E-state index contributed by atoms with van der Waals surface area (Å²) in [7, 11) is 0. The summed E-state index contributed by atoms with van der Waals surface area (Å²) in [5.41, 5.74) is 0.640. The molecule has 1 heterocycles. The van der Waals surface area contributed by atoms with E-state index in [2.05, 4.69) is 26.0 Å². The summed E-state index contributed by atoms with van der Waals surface area (Å²) in [4.78, 5) is 40.3. The highest BCUT2D eigenvalue weighted by Crippen LogP contribution is 2.34. The van der Waals surface area contributed by atoms with Gasteiger partial charge in [0.25, 0.3) is 5.56 Å². The number of nitrogens with zero attached hydrogens (tertiary/aromatic N) is 4. The van der Waals surface area contributed by atoms with Crippen LogP contribution in [0.25, 0.3) is 10.9 Å². The van der Waals surface area contributed by atoms with Gasteiger partial charge in [0.05, 0.1) is 27.6 Å². The second-order valence-electron chi connectivity index (χ2n) is 8.55. The van der Waals surface area contributed by atoms with Crippen LogP contribution in [0.15, 0.2) is 69.0 Å². The van der Waals surface area contributed by atoms with Crippen LogP contribution in [-0.4, -0.2) is 31.9 Å². The number of aryl methyl sites for hydroxylation is 1. The zero-order valence-corrected chi connectivity index (χ0v) is 23.0. The Labute approximate surface area is 235 Å². The fraction of sp³-hybridized carbons (Fsp3) is 0.185. The summed E-state index contributed by atoms with van der Waals surface area (Å²) in [5, 5.41) is 25.7. The normalized spacial score (nSPS) is 11.3. The highest BCUT2D eigenvalue weighted by molar-refractivity contribution is 9.10. The van der Waals surface area contributed by atoms with Gasteiger partial charge in [0.2, 0.25) is 5.75 Å². The van der Waals surface area contributed by atoms with Crippen molar-refractivity contribution in [2.45, 2.75) is 32.8 Å². The first kappa shape index (κ1) is 27.9. The third kappa shape index (κ3) is 6.50. The molecule has 0 aliphatic carbocycles. The zero-order chi connectivity index (χ0) is 28.1. The molecule has 0 fully saturated rings. The molecule has 39 heavy (non-hydrogen) atoms. The molecule has 1 N–H and O–H groups in total. The smallest absolute Gasteiger partial charge is 0.335 e. The van der Waals surface area contributed by atoms with Crippen molar-refractivity contribution in [1.82, 2.24) is 9.66 Å². The molecule has 12 heteroatoms. The maximum atomic E-state index is 13.4. The predicted octanol–water partition coefficient (Wildman–Crippen LogP) is 6.22. The van der Waals surface area contributed by atoms with E-state index < -0.39 is 10.9 Å². The van der Waals surface area contributed by atoms with E-state index in [-0.39, 0.29) is 39.8 Å². The lowest BCUT2D eigenvalue weighted by molar-refractivity contribution is -0.385. The van der Waals surface area contributed by atoms with Crippen molar-refractivity contribution in [3.63, 3.8) is 0 Å². The number of rotatable bonds is 10. The summed E-state index contributed by atoms with van der Waals surface area (Å²) >= 11 is 9.55. The summed E-state index contributed by atoms with van der Waals surface area (Å²) < 4.78 is 7.72. The lowest BCUT2D eigenvalue weighted by atomic mass is 10.1. The first-order valence-corrected chi connectivity index (χ1v) is 13.0. The molecule has 0 amide bonds. The quantitative estimate of drug-likeness (QED) is 0.127. The van der Waals surface area contributed by atoms with Crippen molar-refractivity contribution in [2.24, 2.45) is 5.10 Å². The van der Waals surface area contributed by atoms with Gasteiger partial charge < -0.3 is 9.84 Å². The molecule has 0 spiro atoms. The highest BCUT2D eigenvalue weighted by atomic mass is 79.9. The van der Waals surface area contributed by atoms with E-state index in [0.29, 0.717) is 33.2 Å². The number of hydrogen-bond donors (Lipinski definition) is 1. The van der Waals surface area contributed by atoms with Gasteiger partial charge in [0, 0.05) is 27.5 Å². The van der Waals surface area contributed by atoms with Crippen LogP contribution in [0.2, 0.25) is 5.02 Å². The minimum atomic E-state index is -1.07. The Morgan fingerprint density at radius 1 is 1.23 bits per heavy atom. The number of carbonyl (C=O) groups is 1. The molecule has 0 radical (unpaired) electrons. The average molecular weight is 614 g/mol. The van der Waals surface area contributed by atoms with Crippen LogP contribution in [0.4, 0.5) is 5.69 Å². The number of nitro groups is 1. The number of hydrogen-bond acceptors (Lipinski definition) is 7. The van der Waals surface area contributed by atoms with Gasteiger partial charge >= 0.3 is 11.7 Å². The van der Waals surface area contributed by atoms with E-state index >= 15 is 0 Å². The van der Waals surface area contributed by atoms with E-state index in [1.807, 2.05) is 6.92 Å². The zero-order valence-electron chi connectivity index (χ0n) is 20.6. The Balaban J connectivity index is 1.77. The molecule has 0 saturated carbocycles. The first-order valence-electron chi connectivity index (χ1n) is 11.9. The standard InChI is InChI=1S/C27H22BrClN4O6/c1-2-3-4-24-31-22-10-9-19(28)12-21(22)26(34)32(24)30-14-18-11-20(29)13-23(33(37)38)25(18)39-15-16-5-7-17(8-6-16)27(35)36/h5-14H,2-4,15H2,1H3,(H,35,36). The highest BCUT2D eigenvalue weighted by Gasteiger charge is 2.21. The second-order valence-corrected chi connectivity index (χ2v) is 9.90. The van der Waals surface area contributed by atoms with Crippen LogP contribution in [-0.2, 0) is 13.0 Å². The Morgan fingerprint density at radius 3 is 2.64 bits per heavy atom. The van der Waals surface area contributed by atoms with Crippen molar-refractivity contribution in [1.29, 1.82) is 0 Å². The molecule has 200 valence electrons. The lowest BCUT2D eigenvalue weighted by Crippen LogP contribution is -2.22. The topological polar surface area (TPSA) is 137 Å². The molecule has 10 nitrogen and oxygen atoms in total. The van der Waals surface area contributed by atoms with Crippen LogP contribution < -0.4 is 10.3 Å². The van der Waals surface area contributed by atoms with Gasteiger partial charge in [-0.2, -0.15) is 9.78 Å². The number of carboxylic acids is 1. The molecule has 4 aromatic rings. The Morgan fingerprint density at radius 2 is 1.97 bits per heavy atom. The van der Waals surface area contributed by atoms with Crippen LogP contribution >= 0.6 is 27.5 Å². The van der Waals surface area contributed by atoms with Crippen molar-refractivity contribution >= 4 is 56.3 Å². The van der Waals surface area contributed by atoms with E-state index in [1.165, 1.54) is 29.1 Å². The molecule has 0 aliphatic heterocycles. The number of halogens is 2. The average Bonchev–Trinajstić information content (AvgIpc) is 2.91. The van der Waals surface area contributed by atoms with Crippen molar-refractivity contribution in [2.75, 3.05) is 0 Å². The molecular formula is C27H22BrClN4O6. The number of fused-ring (bicyclic) bond motifs is 1. The first-order chi connectivity index (χ1) is 18.7. The fourth-order valence-electron chi connectivity index (χ4n) is 3.82. The predicted molar refractivity (Wildman–Crippen MR) is 151 cm³/mol. The second kappa shape index (κ2) is 12.2. The lowest BCUT2D eigenvalue weighted by Gasteiger charge is -2.12. The maximum Gasteiger partial charge on any atom is 0.335 e. The van der Waals surface area contributed by atoms with E-state index in [1.54, 1.807) is 30.3 Å². The summed E-state index contributed by atoms with van der Waals surface area (Å²) in [6.45, 7) is 1.93. The molecular weight excluding hydrogens is 592 g/mol. The Hall–Kier alpha value is -4.09. The van der Waals surface area contributed by atoms with E-state index in [4.69, 9.17) is 21.4 Å². The van der Waals surface area contributed by atoms with Crippen LogP contribution in [0.1, 0.15) is 47.1 Å². The molecule has 0 bridgehead atoms. The molecule has 4 rings (SSSR count). The van der Waals surface area contributed by atoms with E-state index in [0.717, 1.165) is 18.9 Å². The maximum absolute atomic E-state index is 13.4. The van der Waals surface area contributed by atoms with Gasteiger partial charge in [-0.05, 0) is 48.4 Å². The minimum absolute atomic E-state index is 0.0837. The van der Waals surface area contributed by atoms with Gasteiger partial charge in [-0.25, -0.2) is 9.78 Å². The molecule has 0 aliphatic rings. The Kier molecular flexibility index (Phi) is 8.72. The monoisotopic (exact) mass is 612 g/mol. The van der Waals surface area contributed by atoms with Gasteiger partial charge in [0.1, 0.15) is 12.4 Å².